The number of nitrogens with one attached hydrogen (secondary N) is 1. The van der Waals surface area contributed by atoms with Crippen LogP contribution < -0.4 is 5.32 Å². The van der Waals surface area contributed by atoms with E-state index in [9.17, 15) is 9.59 Å². The van der Waals surface area contributed by atoms with Crippen molar-refractivity contribution in [2.75, 3.05) is 13.1 Å². The van der Waals surface area contributed by atoms with E-state index in [0.29, 0.717) is 24.5 Å². The Morgan fingerprint density at radius 3 is 2.67 bits per heavy atom. The van der Waals surface area contributed by atoms with Gasteiger partial charge in [0.05, 0.1) is 11.9 Å². The molecule has 1 aliphatic heterocycles. The van der Waals surface area contributed by atoms with Gasteiger partial charge >= 0.3 is 0 Å². The Labute approximate surface area is 176 Å². The summed E-state index contributed by atoms with van der Waals surface area (Å²) in [6.45, 7) is 5.20. The number of fused-ring (bicyclic) bond motifs is 1. The summed E-state index contributed by atoms with van der Waals surface area (Å²) in [7, 11) is 1.94. The molecule has 0 spiro atoms. The molecule has 7 heteroatoms. The Bertz CT molecular complexity index is 1090. The molecule has 7 nitrogen and oxygen atoms in total. The molecule has 2 amide bonds. The number of aryl methyl sites for hydroxylation is 3. The third kappa shape index (κ3) is 4.06. The predicted molar refractivity (Wildman–Crippen MR) is 115 cm³/mol. The van der Waals surface area contributed by atoms with Gasteiger partial charge in [0.1, 0.15) is 11.4 Å². The number of carbonyl (C=O) groups is 2. The molecule has 1 atom stereocenters. The molecule has 1 fully saturated rings. The van der Waals surface area contributed by atoms with Crippen molar-refractivity contribution >= 4 is 22.7 Å². The highest BCUT2D eigenvalue weighted by Gasteiger charge is 2.25. The highest BCUT2D eigenvalue weighted by atomic mass is 16.2. The number of hydrogen-bond donors (Lipinski definition) is 1. The summed E-state index contributed by atoms with van der Waals surface area (Å²) in [5, 5.41) is 4.13. The van der Waals surface area contributed by atoms with Gasteiger partial charge in [-0.2, -0.15) is 0 Å². The van der Waals surface area contributed by atoms with Crippen LogP contribution in [0.5, 0.6) is 0 Å². The Morgan fingerprint density at radius 1 is 1.07 bits per heavy atom. The van der Waals surface area contributed by atoms with Crippen LogP contribution in [0.4, 0.5) is 0 Å². The van der Waals surface area contributed by atoms with Gasteiger partial charge in [-0.25, -0.2) is 4.98 Å². The lowest BCUT2D eigenvalue weighted by molar-refractivity contribution is 0.0751. The zero-order chi connectivity index (χ0) is 21.3. The Morgan fingerprint density at radius 2 is 1.90 bits per heavy atom. The second-order valence-corrected chi connectivity index (χ2v) is 8.09. The molecule has 1 aromatic carbocycles. The van der Waals surface area contributed by atoms with Gasteiger partial charge in [0, 0.05) is 43.3 Å². The molecular weight excluding hydrogens is 378 g/mol. The number of aromatic nitrogens is 3. The number of hydrogen-bond acceptors (Lipinski definition) is 4. The maximum absolute atomic E-state index is 13.2. The van der Waals surface area contributed by atoms with Crippen molar-refractivity contribution in [1.29, 1.82) is 0 Å². The van der Waals surface area contributed by atoms with E-state index in [1.54, 1.807) is 6.20 Å². The fourth-order valence-electron chi connectivity index (χ4n) is 4.05. The first-order valence-corrected chi connectivity index (χ1v) is 10.4. The van der Waals surface area contributed by atoms with Crippen molar-refractivity contribution in [2.24, 2.45) is 7.05 Å². The smallest absolute Gasteiger partial charge is 0.271 e. The van der Waals surface area contributed by atoms with E-state index in [4.69, 9.17) is 0 Å². The summed E-state index contributed by atoms with van der Waals surface area (Å²) in [4.78, 5) is 35.8. The first-order chi connectivity index (χ1) is 14.4. The van der Waals surface area contributed by atoms with Gasteiger partial charge in [0.25, 0.3) is 11.8 Å². The fraction of sp³-hybridized carbons (Fsp3) is 0.391. The molecule has 30 heavy (non-hydrogen) atoms. The van der Waals surface area contributed by atoms with Crippen LogP contribution in [0.3, 0.4) is 0 Å². The SMILES string of the molecule is Cc1ccc2c(c1)cc(C(=O)N1CCC[C@@H](NC(=O)c3cnc(C)cn3)CC1)n2C. The molecule has 3 aromatic rings. The zero-order valence-corrected chi connectivity index (χ0v) is 17.7. The average molecular weight is 406 g/mol. The van der Waals surface area contributed by atoms with Crippen molar-refractivity contribution < 1.29 is 9.59 Å². The largest absolute Gasteiger partial charge is 0.348 e. The van der Waals surface area contributed by atoms with Gasteiger partial charge in [0.2, 0.25) is 0 Å². The molecule has 3 heterocycles. The Hall–Kier alpha value is -3.22. The van der Waals surface area contributed by atoms with E-state index in [1.165, 1.54) is 11.8 Å². The Balaban J connectivity index is 1.42. The minimum atomic E-state index is -0.212. The van der Waals surface area contributed by atoms with Gasteiger partial charge in [-0.15, -0.1) is 0 Å². The summed E-state index contributed by atoms with van der Waals surface area (Å²) in [5.41, 5.74) is 4.04. The molecule has 0 unspecified atom stereocenters. The third-order valence-corrected chi connectivity index (χ3v) is 5.78. The lowest BCUT2D eigenvalue weighted by Gasteiger charge is -2.21. The highest BCUT2D eigenvalue weighted by molar-refractivity contribution is 5.99. The van der Waals surface area contributed by atoms with Crippen molar-refractivity contribution in [1.82, 2.24) is 24.8 Å². The number of carbonyl (C=O) groups excluding carboxylic acids is 2. The second kappa shape index (κ2) is 8.26. The number of rotatable bonds is 3. The molecule has 1 saturated heterocycles. The summed E-state index contributed by atoms with van der Waals surface area (Å²) >= 11 is 0. The van der Waals surface area contributed by atoms with Gasteiger partial charge in [-0.05, 0) is 51.3 Å². The van der Waals surface area contributed by atoms with E-state index >= 15 is 0 Å². The second-order valence-electron chi connectivity index (χ2n) is 8.09. The maximum atomic E-state index is 13.2. The average Bonchev–Trinajstić information content (AvgIpc) is 2.89. The molecular formula is C23H27N5O2. The van der Waals surface area contributed by atoms with Gasteiger partial charge in [-0.3, -0.25) is 14.6 Å². The van der Waals surface area contributed by atoms with Gasteiger partial charge in [-0.1, -0.05) is 11.6 Å². The lowest BCUT2D eigenvalue weighted by atomic mass is 10.1. The normalized spacial score (nSPS) is 17.0. The number of amides is 2. The van der Waals surface area contributed by atoms with Crippen LogP contribution in [0.25, 0.3) is 10.9 Å². The summed E-state index contributed by atoms with van der Waals surface area (Å²) in [6.07, 6.45) is 5.50. The van der Waals surface area contributed by atoms with Crippen molar-refractivity contribution in [2.45, 2.75) is 39.2 Å². The monoisotopic (exact) mass is 405 g/mol. The van der Waals surface area contributed by atoms with Crippen LogP contribution in [-0.2, 0) is 7.05 Å². The summed E-state index contributed by atoms with van der Waals surface area (Å²) in [5.74, 6) is -0.168. The van der Waals surface area contributed by atoms with E-state index < -0.39 is 0 Å². The summed E-state index contributed by atoms with van der Waals surface area (Å²) in [6, 6.07) is 8.23. The lowest BCUT2D eigenvalue weighted by Crippen LogP contribution is -2.37. The molecule has 0 aliphatic carbocycles. The molecule has 0 radical (unpaired) electrons. The van der Waals surface area contributed by atoms with Crippen LogP contribution in [0.2, 0.25) is 0 Å². The highest BCUT2D eigenvalue weighted by Crippen LogP contribution is 2.22. The summed E-state index contributed by atoms with van der Waals surface area (Å²) < 4.78 is 1.97. The van der Waals surface area contributed by atoms with Crippen LogP contribution in [-0.4, -0.2) is 50.4 Å². The molecule has 156 valence electrons. The first-order valence-electron chi connectivity index (χ1n) is 10.4. The van der Waals surface area contributed by atoms with E-state index in [2.05, 4.69) is 40.4 Å². The standard InChI is InChI=1S/C23H27N5O2/c1-15-6-7-20-17(11-15)12-21(27(20)3)23(30)28-9-4-5-18(8-10-28)26-22(29)19-14-24-16(2)13-25-19/h6-7,11-14,18H,4-5,8-10H2,1-3H3,(H,26,29)/t18-/m1/s1. The number of likely N-dealkylation sites (tertiary alicyclic amines) is 1. The first kappa shape index (κ1) is 20.1. The van der Waals surface area contributed by atoms with Crippen molar-refractivity contribution in [3.05, 3.63) is 59.3 Å². The van der Waals surface area contributed by atoms with E-state index in [-0.39, 0.29) is 17.9 Å². The van der Waals surface area contributed by atoms with Gasteiger partial charge < -0.3 is 14.8 Å². The van der Waals surface area contributed by atoms with Crippen molar-refractivity contribution in [3.8, 4) is 0 Å². The van der Waals surface area contributed by atoms with Gasteiger partial charge in [0.15, 0.2) is 0 Å². The molecule has 0 bridgehead atoms. The fourth-order valence-corrected chi connectivity index (χ4v) is 4.05. The molecule has 0 saturated carbocycles. The van der Waals surface area contributed by atoms with E-state index in [0.717, 1.165) is 35.9 Å². The zero-order valence-electron chi connectivity index (χ0n) is 17.7. The molecule has 1 aliphatic rings. The van der Waals surface area contributed by atoms with Crippen LogP contribution in [0.1, 0.15) is 51.5 Å². The number of benzene rings is 1. The topological polar surface area (TPSA) is 80.1 Å². The van der Waals surface area contributed by atoms with Crippen LogP contribution in [0.15, 0.2) is 36.7 Å². The minimum absolute atomic E-state index is 0.0218. The minimum Gasteiger partial charge on any atom is -0.348 e. The van der Waals surface area contributed by atoms with Crippen LogP contribution in [0, 0.1) is 13.8 Å². The number of nitrogens with zero attached hydrogens (tertiary/aromatic N) is 4. The molecule has 1 N–H and O–H groups in total. The quantitative estimate of drug-likeness (QED) is 0.726. The molecule has 2 aromatic heterocycles. The predicted octanol–water partition coefficient (Wildman–Crippen LogP) is 3.01. The Kier molecular flexibility index (Phi) is 5.53. The maximum Gasteiger partial charge on any atom is 0.271 e. The van der Waals surface area contributed by atoms with E-state index in [1.807, 2.05) is 29.5 Å². The van der Waals surface area contributed by atoms with Crippen molar-refractivity contribution in [3.63, 3.8) is 0 Å². The third-order valence-electron chi connectivity index (χ3n) is 5.78. The van der Waals surface area contributed by atoms with Crippen LogP contribution >= 0.6 is 0 Å². The molecule has 4 rings (SSSR count).